The van der Waals surface area contributed by atoms with E-state index in [0.717, 1.165) is 10.5 Å². The zero-order valence-corrected chi connectivity index (χ0v) is 24.1. The van der Waals surface area contributed by atoms with Gasteiger partial charge in [0.15, 0.2) is 17.3 Å². The van der Waals surface area contributed by atoms with Gasteiger partial charge in [-0.05, 0) is 85.5 Å². The lowest BCUT2D eigenvalue weighted by Crippen LogP contribution is -2.30. The summed E-state index contributed by atoms with van der Waals surface area (Å²) < 4.78 is 22.8. The molecular formula is C32H29ClN2O8. The van der Waals surface area contributed by atoms with Gasteiger partial charge in [-0.1, -0.05) is 17.7 Å². The molecule has 0 radical (unpaired) electrons. The van der Waals surface area contributed by atoms with Gasteiger partial charge in [-0.2, -0.15) is 0 Å². The Morgan fingerprint density at radius 1 is 1.02 bits per heavy atom. The van der Waals surface area contributed by atoms with Crippen molar-refractivity contribution in [2.24, 2.45) is 0 Å². The minimum absolute atomic E-state index is 0.0713. The van der Waals surface area contributed by atoms with Crippen molar-refractivity contribution in [3.63, 3.8) is 0 Å². The van der Waals surface area contributed by atoms with Crippen LogP contribution in [0.2, 0.25) is 5.02 Å². The van der Waals surface area contributed by atoms with Gasteiger partial charge in [0.25, 0.3) is 17.7 Å². The number of imide groups is 1. The summed E-state index contributed by atoms with van der Waals surface area (Å²) in [4.78, 5) is 40.6. The Labute approximate surface area is 252 Å². The van der Waals surface area contributed by atoms with Crippen LogP contribution in [-0.2, 0) is 14.3 Å². The minimum Gasteiger partial charge on any atom is -0.459 e. The number of allylic oxidation sites excluding steroid dienone is 1. The molecule has 6 rings (SSSR count). The Hall–Kier alpha value is -4.38. The van der Waals surface area contributed by atoms with E-state index in [-0.39, 0.29) is 36.2 Å². The lowest BCUT2D eigenvalue weighted by Gasteiger charge is -2.29. The molecule has 3 aromatic rings. The molecule has 11 heteroatoms. The fourth-order valence-electron chi connectivity index (χ4n) is 5.33. The zero-order chi connectivity index (χ0) is 30.1. The maximum absolute atomic E-state index is 13.4. The molecule has 43 heavy (non-hydrogen) atoms. The zero-order valence-electron chi connectivity index (χ0n) is 23.3. The predicted octanol–water partition coefficient (Wildman–Crippen LogP) is 5.32. The number of benzene rings is 3. The van der Waals surface area contributed by atoms with Crippen LogP contribution < -0.4 is 19.7 Å². The average Bonchev–Trinajstić information content (AvgIpc) is 3.57. The van der Waals surface area contributed by atoms with Crippen LogP contribution in [0.3, 0.4) is 0 Å². The van der Waals surface area contributed by atoms with Crippen LogP contribution >= 0.6 is 11.6 Å². The fraction of sp³-hybridized carbons (Fsp3) is 0.281. The third-order valence-electron chi connectivity index (χ3n) is 7.51. The fourth-order valence-corrected chi connectivity index (χ4v) is 5.50. The summed E-state index contributed by atoms with van der Waals surface area (Å²) in [6.45, 7) is 2.36. The van der Waals surface area contributed by atoms with Crippen molar-refractivity contribution in [3.8, 4) is 11.5 Å². The second-order valence-corrected chi connectivity index (χ2v) is 10.9. The number of aliphatic hydroxyl groups is 1. The van der Waals surface area contributed by atoms with Crippen LogP contribution in [0.1, 0.15) is 57.0 Å². The topological polar surface area (TPSA) is 124 Å². The SMILES string of the molecule is Cc1cc(NC(=O)C2=CC(c3ccc4c(c3)OCO4)CC(OCCCCO)O2)ccc1N1C(=O)c2ccc(Cl)cc2C1=O. The van der Waals surface area contributed by atoms with E-state index in [1.54, 1.807) is 43.3 Å². The van der Waals surface area contributed by atoms with Crippen LogP contribution in [-0.4, -0.2) is 49.1 Å². The highest BCUT2D eigenvalue weighted by atomic mass is 35.5. The summed E-state index contributed by atoms with van der Waals surface area (Å²) in [6.07, 6.45) is 2.82. The molecular weight excluding hydrogens is 576 g/mol. The van der Waals surface area contributed by atoms with Crippen LogP contribution in [0, 0.1) is 6.92 Å². The van der Waals surface area contributed by atoms with Gasteiger partial charge in [-0.3, -0.25) is 14.4 Å². The molecule has 0 saturated carbocycles. The molecule has 0 saturated heterocycles. The first kappa shape index (κ1) is 28.7. The third-order valence-corrected chi connectivity index (χ3v) is 7.74. The lowest BCUT2D eigenvalue weighted by atomic mass is 9.92. The van der Waals surface area contributed by atoms with Crippen LogP contribution in [0.4, 0.5) is 11.4 Å². The van der Waals surface area contributed by atoms with Crippen LogP contribution in [0.5, 0.6) is 11.5 Å². The number of aryl methyl sites for hydroxylation is 1. The molecule has 0 bridgehead atoms. The molecule has 10 nitrogen and oxygen atoms in total. The number of carbonyl (C=O) groups is 3. The number of anilines is 2. The number of carbonyl (C=O) groups excluding carboxylic acids is 3. The van der Waals surface area contributed by atoms with Crippen LogP contribution in [0.15, 0.2) is 66.4 Å². The van der Waals surface area contributed by atoms with E-state index in [9.17, 15) is 14.4 Å². The predicted molar refractivity (Wildman–Crippen MR) is 158 cm³/mol. The van der Waals surface area contributed by atoms with Crippen molar-refractivity contribution in [1.82, 2.24) is 0 Å². The number of halogens is 1. The van der Waals surface area contributed by atoms with E-state index in [4.69, 9.17) is 35.7 Å². The molecule has 2 N–H and O–H groups in total. The summed E-state index contributed by atoms with van der Waals surface area (Å²) in [7, 11) is 0. The Morgan fingerprint density at radius 3 is 2.65 bits per heavy atom. The molecule has 222 valence electrons. The Kier molecular flexibility index (Phi) is 8.07. The monoisotopic (exact) mass is 604 g/mol. The van der Waals surface area contributed by atoms with E-state index in [0.29, 0.717) is 59.3 Å². The van der Waals surface area contributed by atoms with Gasteiger partial charge in [0.1, 0.15) is 0 Å². The van der Waals surface area contributed by atoms with Crippen molar-refractivity contribution in [2.75, 3.05) is 30.2 Å². The number of aliphatic hydroxyl groups excluding tert-OH is 1. The molecule has 0 aromatic heterocycles. The molecule has 2 atom stereocenters. The normalized spacial score (nSPS) is 18.8. The summed E-state index contributed by atoms with van der Waals surface area (Å²) >= 11 is 6.04. The lowest BCUT2D eigenvalue weighted by molar-refractivity contribution is -0.143. The van der Waals surface area contributed by atoms with Crippen molar-refractivity contribution in [2.45, 2.75) is 38.4 Å². The number of nitrogens with zero attached hydrogens (tertiary/aromatic N) is 1. The maximum Gasteiger partial charge on any atom is 0.290 e. The maximum atomic E-state index is 13.4. The molecule has 0 fully saturated rings. The first-order valence-electron chi connectivity index (χ1n) is 13.9. The Morgan fingerprint density at radius 2 is 1.84 bits per heavy atom. The Bertz CT molecular complexity index is 1640. The second-order valence-electron chi connectivity index (χ2n) is 10.4. The van der Waals surface area contributed by atoms with Gasteiger partial charge in [-0.25, -0.2) is 4.90 Å². The molecule has 3 amide bonds. The number of amides is 3. The van der Waals surface area contributed by atoms with Gasteiger partial charge in [0.2, 0.25) is 13.1 Å². The smallest absolute Gasteiger partial charge is 0.290 e. The molecule has 3 aliphatic heterocycles. The summed E-state index contributed by atoms with van der Waals surface area (Å²) in [5.74, 6) is -0.159. The van der Waals surface area contributed by atoms with Gasteiger partial charge < -0.3 is 29.4 Å². The van der Waals surface area contributed by atoms with Gasteiger partial charge in [0, 0.05) is 29.7 Å². The molecule has 2 unspecified atom stereocenters. The minimum atomic E-state index is -0.675. The summed E-state index contributed by atoms with van der Waals surface area (Å²) in [5.41, 5.74) is 2.94. The molecule has 3 heterocycles. The van der Waals surface area contributed by atoms with Crippen molar-refractivity contribution in [3.05, 3.63) is 93.7 Å². The van der Waals surface area contributed by atoms with Gasteiger partial charge in [0.05, 0.1) is 23.4 Å². The first-order chi connectivity index (χ1) is 20.8. The third kappa shape index (κ3) is 5.81. The summed E-state index contributed by atoms with van der Waals surface area (Å²) in [5, 5.41) is 12.3. The highest BCUT2D eigenvalue weighted by Gasteiger charge is 2.37. The number of nitrogens with one attached hydrogen (secondary N) is 1. The summed E-state index contributed by atoms with van der Waals surface area (Å²) in [6, 6.07) is 15.2. The quantitative estimate of drug-likeness (QED) is 0.248. The van der Waals surface area contributed by atoms with Gasteiger partial charge >= 0.3 is 0 Å². The molecule has 0 spiro atoms. The van der Waals surface area contributed by atoms with Gasteiger partial charge in [-0.15, -0.1) is 0 Å². The van der Waals surface area contributed by atoms with E-state index in [1.807, 2.05) is 18.2 Å². The van der Waals surface area contributed by atoms with Crippen molar-refractivity contribution >= 4 is 40.7 Å². The van der Waals surface area contributed by atoms with E-state index < -0.39 is 24.0 Å². The number of fused-ring (bicyclic) bond motifs is 2. The molecule has 3 aliphatic rings. The standard InChI is InChI=1S/C32H29ClN2O8/c1-18-12-22(6-8-25(18)35-31(38)23-7-5-21(33)16-24(23)32(35)39)34-30(37)28-14-20(15-29(43-28)40-11-3-2-10-36)19-4-9-26-27(13-19)42-17-41-26/h4-9,12-14,16,20,29,36H,2-3,10-11,15,17H2,1H3,(H,34,37). The van der Waals surface area contributed by atoms with Crippen molar-refractivity contribution in [1.29, 1.82) is 0 Å². The average molecular weight is 605 g/mol. The van der Waals surface area contributed by atoms with Crippen LogP contribution in [0.25, 0.3) is 0 Å². The van der Waals surface area contributed by atoms with Crippen molar-refractivity contribution < 1.29 is 38.4 Å². The van der Waals surface area contributed by atoms with E-state index >= 15 is 0 Å². The highest BCUT2D eigenvalue weighted by Crippen LogP contribution is 2.39. The van der Waals surface area contributed by atoms with E-state index in [1.165, 1.54) is 6.07 Å². The molecule has 0 aliphatic carbocycles. The van der Waals surface area contributed by atoms with E-state index in [2.05, 4.69) is 5.32 Å². The number of hydrogen-bond acceptors (Lipinski definition) is 8. The molecule has 3 aromatic carbocycles. The number of ether oxygens (including phenoxy) is 4. The number of hydrogen-bond donors (Lipinski definition) is 2. The first-order valence-corrected chi connectivity index (χ1v) is 14.3. The Balaban J connectivity index is 1.20. The largest absolute Gasteiger partial charge is 0.459 e. The number of rotatable bonds is 9. The second kappa shape index (κ2) is 12.1. The highest BCUT2D eigenvalue weighted by molar-refractivity contribution is 6.37. The number of unbranched alkanes of at least 4 members (excludes halogenated alkanes) is 1.